The third-order valence-electron chi connectivity index (χ3n) is 5.02. The molecular formula is C22H26O5S. The van der Waals surface area contributed by atoms with Crippen LogP contribution in [0.1, 0.15) is 25.7 Å². The lowest BCUT2D eigenvalue weighted by Crippen LogP contribution is -2.27. The predicted octanol–water partition coefficient (Wildman–Crippen LogP) is 3.97. The average molecular weight is 403 g/mol. The van der Waals surface area contributed by atoms with Crippen LogP contribution in [0.5, 0.6) is 11.5 Å². The Kier molecular flexibility index (Phi) is 6.75. The van der Waals surface area contributed by atoms with Crippen molar-refractivity contribution in [2.24, 2.45) is 0 Å². The van der Waals surface area contributed by atoms with Gasteiger partial charge in [-0.2, -0.15) is 0 Å². The molecule has 2 heterocycles. The second-order valence-electron chi connectivity index (χ2n) is 7.02. The summed E-state index contributed by atoms with van der Waals surface area (Å²) in [6.45, 7) is 2.82. The highest BCUT2D eigenvalue weighted by atomic mass is 32.2. The van der Waals surface area contributed by atoms with Crippen molar-refractivity contribution in [1.82, 2.24) is 0 Å². The van der Waals surface area contributed by atoms with Crippen LogP contribution < -0.4 is 9.47 Å². The third-order valence-corrected chi connectivity index (χ3v) is 6.50. The number of hydrogen-bond donors (Lipinski definition) is 0. The van der Waals surface area contributed by atoms with Gasteiger partial charge in [-0.15, -0.1) is 0 Å². The minimum Gasteiger partial charge on any atom is -0.606 e. The quantitative estimate of drug-likeness (QED) is 0.685. The second kappa shape index (κ2) is 9.65. The highest BCUT2D eigenvalue weighted by molar-refractivity contribution is 7.91. The largest absolute Gasteiger partial charge is 0.606 e. The molecule has 2 aromatic carbocycles. The highest BCUT2D eigenvalue weighted by Gasteiger charge is 2.27. The Morgan fingerprint density at radius 3 is 1.50 bits per heavy atom. The van der Waals surface area contributed by atoms with Crippen molar-refractivity contribution in [2.75, 3.05) is 26.4 Å². The molecule has 2 aromatic rings. The summed E-state index contributed by atoms with van der Waals surface area (Å²) >= 11 is -1.39. The molecule has 2 aliphatic heterocycles. The standard InChI is InChI=1S/C22H26O5S/c23-28(21-7-3-1-5-19(21)26-17-9-13-24-14-10-17)22-8-4-2-6-20(22)27-18-11-15-25-16-12-18/h1-8,17-18H,9-16H2. The first kappa shape index (κ1) is 19.6. The van der Waals surface area contributed by atoms with Crippen LogP contribution in [0.4, 0.5) is 0 Å². The molecule has 0 atom stereocenters. The van der Waals surface area contributed by atoms with Gasteiger partial charge in [-0.1, -0.05) is 24.3 Å². The van der Waals surface area contributed by atoms with E-state index in [1.165, 1.54) is 0 Å². The Morgan fingerprint density at radius 1 is 0.679 bits per heavy atom. The second-order valence-corrected chi connectivity index (χ2v) is 8.44. The number of benzene rings is 2. The third kappa shape index (κ3) is 4.81. The molecule has 0 spiro atoms. The van der Waals surface area contributed by atoms with Crippen molar-refractivity contribution in [3.63, 3.8) is 0 Å². The SMILES string of the molecule is [O-][S+](c1ccccc1OC1CCOCC1)c1ccccc1OC1CCOCC1. The molecule has 28 heavy (non-hydrogen) atoms. The predicted molar refractivity (Wildman–Crippen MR) is 106 cm³/mol. The summed E-state index contributed by atoms with van der Waals surface area (Å²) in [5.74, 6) is 1.35. The average Bonchev–Trinajstić information content (AvgIpc) is 2.76. The summed E-state index contributed by atoms with van der Waals surface area (Å²) in [5.41, 5.74) is 0. The molecule has 2 aliphatic rings. The highest BCUT2D eigenvalue weighted by Crippen LogP contribution is 2.36. The van der Waals surface area contributed by atoms with E-state index in [9.17, 15) is 4.55 Å². The molecule has 0 unspecified atom stereocenters. The van der Waals surface area contributed by atoms with Gasteiger partial charge in [-0.25, -0.2) is 0 Å². The van der Waals surface area contributed by atoms with E-state index in [0.717, 1.165) is 25.7 Å². The van der Waals surface area contributed by atoms with Gasteiger partial charge in [0.1, 0.15) is 12.2 Å². The van der Waals surface area contributed by atoms with Crippen molar-refractivity contribution < 1.29 is 23.5 Å². The fourth-order valence-electron chi connectivity index (χ4n) is 3.47. The molecule has 4 rings (SSSR count). The zero-order valence-corrected chi connectivity index (χ0v) is 16.7. The first-order valence-electron chi connectivity index (χ1n) is 9.90. The number of hydrogen-bond acceptors (Lipinski definition) is 5. The van der Waals surface area contributed by atoms with Gasteiger partial charge in [0.25, 0.3) is 0 Å². The van der Waals surface area contributed by atoms with E-state index in [1.807, 2.05) is 48.5 Å². The molecular weight excluding hydrogens is 376 g/mol. The van der Waals surface area contributed by atoms with E-state index >= 15 is 0 Å². The Morgan fingerprint density at radius 2 is 1.07 bits per heavy atom. The van der Waals surface area contributed by atoms with E-state index in [2.05, 4.69) is 0 Å². The zero-order valence-electron chi connectivity index (χ0n) is 15.9. The minimum absolute atomic E-state index is 0.0978. The van der Waals surface area contributed by atoms with Gasteiger partial charge in [0.15, 0.2) is 21.3 Å². The van der Waals surface area contributed by atoms with E-state index in [4.69, 9.17) is 18.9 Å². The molecule has 0 saturated carbocycles. The summed E-state index contributed by atoms with van der Waals surface area (Å²) < 4.78 is 36.7. The lowest BCUT2D eigenvalue weighted by Gasteiger charge is -2.26. The van der Waals surface area contributed by atoms with E-state index in [-0.39, 0.29) is 12.2 Å². The fourth-order valence-corrected chi connectivity index (χ4v) is 4.71. The van der Waals surface area contributed by atoms with E-state index < -0.39 is 11.2 Å². The molecule has 2 fully saturated rings. The van der Waals surface area contributed by atoms with Gasteiger partial charge in [0.2, 0.25) is 0 Å². The van der Waals surface area contributed by atoms with Crippen LogP contribution in [0, 0.1) is 0 Å². The fraction of sp³-hybridized carbons (Fsp3) is 0.455. The van der Waals surface area contributed by atoms with Gasteiger partial charge < -0.3 is 23.5 Å². The van der Waals surface area contributed by atoms with Crippen LogP contribution in [-0.4, -0.2) is 43.2 Å². The first-order chi connectivity index (χ1) is 13.8. The van der Waals surface area contributed by atoms with Crippen molar-refractivity contribution >= 4 is 11.2 Å². The zero-order chi connectivity index (χ0) is 19.2. The number of ether oxygens (including phenoxy) is 4. The van der Waals surface area contributed by atoms with Crippen molar-refractivity contribution in [3.05, 3.63) is 48.5 Å². The van der Waals surface area contributed by atoms with Gasteiger partial charge in [0.05, 0.1) is 26.4 Å². The Bertz CT molecular complexity index is 693. The Balaban J connectivity index is 1.55. The van der Waals surface area contributed by atoms with Gasteiger partial charge in [0, 0.05) is 36.9 Å². The van der Waals surface area contributed by atoms with Crippen molar-refractivity contribution in [1.29, 1.82) is 0 Å². The van der Waals surface area contributed by atoms with Crippen molar-refractivity contribution in [3.8, 4) is 11.5 Å². The topological polar surface area (TPSA) is 60.0 Å². The van der Waals surface area contributed by atoms with Gasteiger partial charge in [-0.05, 0) is 24.3 Å². The van der Waals surface area contributed by atoms with Crippen LogP contribution >= 0.6 is 0 Å². The van der Waals surface area contributed by atoms with E-state index in [0.29, 0.717) is 47.7 Å². The molecule has 5 nitrogen and oxygen atoms in total. The van der Waals surface area contributed by atoms with Crippen LogP contribution in [-0.2, 0) is 20.6 Å². The molecule has 0 aliphatic carbocycles. The number of rotatable bonds is 6. The molecule has 0 amide bonds. The van der Waals surface area contributed by atoms with Gasteiger partial charge >= 0.3 is 0 Å². The minimum atomic E-state index is -1.39. The molecule has 6 heteroatoms. The molecule has 0 N–H and O–H groups in total. The lowest BCUT2D eigenvalue weighted by atomic mass is 10.1. The smallest absolute Gasteiger partial charge is 0.200 e. The molecule has 0 aromatic heterocycles. The summed E-state index contributed by atoms with van der Waals surface area (Å²) in [6, 6.07) is 15.2. The van der Waals surface area contributed by atoms with Crippen molar-refractivity contribution in [2.45, 2.75) is 47.7 Å². The van der Waals surface area contributed by atoms with Crippen LogP contribution in [0.3, 0.4) is 0 Å². The summed E-state index contributed by atoms with van der Waals surface area (Å²) in [4.78, 5) is 1.36. The van der Waals surface area contributed by atoms with E-state index in [1.54, 1.807) is 0 Å². The molecule has 0 bridgehead atoms. The lowest BCUT2D eigenvalue weighted by molar-refractivity contribution is 0.0243. The molecule has 150 valence electrons. The monoisotopic (exact) mass is 402 g/mol. The van der Waals surface area contributed by atoms with Crippen LogP contribution in [0.2, 0.25) is 0 Å². The van der Waals surface area contributed by atoms with Crippen LogP contribution in [0.25, 0.3) is 0 Å². The molecule has 2 saturated heterocycles. The number of para-hydroxylation sites is 2. The Hall–Kier alpha value is -1.73. The molecule has 0 radical (unpaired) electrons. The summed E-state index contributed by atoms with van der Waals surface area (Å²) in [6.07, 6.45) is 3.60. The summed E-state index contributed by atoms with van der Waals surface area (Å²) in [7, 11) is 0. The maximum atomic E-state index is 13.5. The normalized spacial score (nSPS) is 18.9. The Labute approximate surface area is 169 Å². The van der Waals surface area contributed by atoms with Crippen LogP contribution in [0.15, 0.2) is 58.3 Å². The summed E-state index contributed by atoms with van der Waals surface area (Å²) in [5, 5.41) is 0. The maximum Gasteiger partial charge on any atom is 0.200 e. The van der Waals surface area contributed by atoms with Gasteiger partial charge in [-0.3, -0.25) is 0 Å². The maximum absolute atomic E-state index is 13.5. The first-order valence-corrected chi connectivity index (χ1v) is 11.0.